The summed E-state index contributed by atoms with van der Waals surface area (Å²) in [7, 11) is 0. The molecule has 2 amide bonds. The monoisotopic (exact) mass is 408 g/mol. The third kappa shape index (κ3) is 2.75. The Morgan fingerprint density at radius 1 is 0.966 bits per heavy atom. The van der Waals surface area contributed by atoms with E-state index >= 15 is 0 Å². The lowest BCUT2D eigenvalue weighted by molar-refractivity contribution is -0.123. The molecular formula is C23H21ClN2O3. The molecule has 5 rings (SSSR count). The van der Waals surface area contributed by atoms with Crippen molar-refractivity contribution < 1.29 is 14.4 Å². The van der Waals surface area contributed by atoms with Gasteiger partial charge in [-0.2, -0.15) is 0 Å². The molecule has 3 fully saturated rings. The van der Waals surface area contributed by atoms with Crippen molar-refractivity contribution >= 4 is 34.9 Å². The number of nitrogens with zero attached hydrogens (tertiary/aromatic N) is 2. The van der Waals surface area contributed by atoms with Gasteiger partial charge in [-0.05, 0) is 62.7 Å². The molecule has 0 unspecified atom stereocenters. The highest BCUT2D eigenvalue weighted by atomic mass is 35.5. The Morgan fingerprint density at radius 3 is 2.31 bits per heavy atom. The molecule has 0 bridgehead atoms. The molecule has 2 aromatic carbocycles. The second kappa shape index (κ2) is 6.78. The maximum atomic E-state index is 13.4. The van der Waals surface area contributed by atoms with Crippen LogP contribution in [0.5, 0.6) is 0 Å². The topological polar surface area (TPSA) is 57.7 Å². The van der Waals surface area contributed by atoms with Gasteiger partial charge in [0.1, 0.15) is 0 Å². The molecular weight excluding hydrogens is 388 g/mol. The zero-order valence-electron chi connectivity index (χ0n) is 16.0. The van der Waals surface area contributed by atoms with Crippen LogP contribution in [0.1, 0.15) is 28.8 Å². The summed E-state index contributed by atoms with van der Waals surface area (Å²) >= 11 is 5.97. The number of aryl methyl sites for hydroxylation is 1. The van der Waals surface area contributed by atoms with Gasteiger partial charge in [0.2, 0.25) is 11.8 Å². The molecule has 0 N–H and O–H groups in total. The number of ketones is 1. The van der Waals surface area contributed by atoms with Gasteiger partial charge < -0.3 is 0 Å². The average Bonchev–Trinajstić information content (AvgIpc) is 3.35. The fourth-order valence-corrected chi connectivity index (χ4v) is 5.37. The molecule has 0 spiro atoms. The summed E-state index contributed by atoms with van der Waals surface area (Å²) < 4.78 is 0. The number of carbonyl (C=O) groups excluding carboxylic acids is 3. The maximum absolute atomic E-state index is 13.4. The van der Waals surface area contributed by atoms with Crippen molar-refractivity contribution in [3.8, 4) is 0 Å². The summed E-state index contributed by atoms with van der Waals surface area (Å²) in [6.07, 6.45) is 1.77. The van der Waals surface area contributed by atoms with Crippen LogP contribution in [-0.4, -0.2) is 41.1 Å². The summed E-state index contributed by atoms with van der Waals surface area (Å²) in [6.45, 7) is 2.70. The van der Waals surface area contributed by atoms with Crippen LogP contribution in [0.4, 0.5) is 5.69 Å². The van der Waals surface area contributed by atoms with Gasteiger partial charge in [-0.1, -0.05) is 29.3 Å². The molecule has 3 aliphatic heterocycles. The Bertz CT molecular complexity index is 1000. The van der Waals surface area contributed by atoms with Gasteiger partial charge in [0.25, 0.3) is 0 Å². The molecule has 29 heavy (non-hydrogen) atoms. The molecule has 0 aliphatic carbocycles. The van der Waals surface area contributed by atoms with Crippen LogP contribution in [0.2, 0.25) is 5.02 Å². The van der Waals surface area contributed by atoms with Gasteiger partial charge in [-0.15, -0.1) is 0 Å². The summed E-state index contributed by atoms with van der Waals surface area (Å²) in [6, 6.07) is 13.5. The van der Waals surface area contributed by atoms with Crippen molar-refractivity contribution in [3.63, 3.8) is 0 Å². The normalized spacial score (nSPS) is 28.7. The summed E-state index contributed by atoms with van der Waals surface area (Å²) in [5.41, 5.74) is 2.17. The Morgan fingerprint density at radius 2 is 1.62 bits per heavy atom. The second-order valence-corrected chi connectivity index (χ2v) is 8.60. The number of benzene rings is 2. The molecule has 3 saturated heterocycles. The third-order valence-corrected chi connectivity index (χ3v) is 6.79. The average molecular weight is 409 g/mol. The molecule has 3 heterocycles. The van der Waals surface area contributed by atoms with E-state index in [1.165, 1.54) is 4.90 Å². The lowest BCUT2D eigenvalue weighted by Gasteiger charge is -2.27. The predicted molar refractivity (Wildman–Crippen MR) is 110 cm³/mol. The van der Waals surface area contributed by atoms with E-state index in [0.29, 0.717) is 16.3 Å². The van der Waals surface area contributed by atoms with E-state index in [1.807, 2.05) is 19.1 Å². The highest BCUT2D eigenvalue weighted by Crippen LogP contribution is 2.48. The molecule has 0 saturated carbocycles. The summed E-state index contributed by atoms with van der Waals surface area (Å²) in [5, 5.41) is 0.558. The second-order valence-electron chi connectivity index (χ2n) is 8.16. The van der Waals surface area contributed by atoms with E-state index in [2.05, 4.69) is 4.90 Å². The van der Waals surface area contributed by atoms with Gasteiger partial charge in [-0.3, -0.25) is 19.3 Å². The summed E-state index contributed by atoms with van der Waals surface area (Å²) in [5.74, 6) is -1.62. The van der Waals surface area contributed by atoms with Gasteiger partial charge >= 0.3 is 0 Å². The first-order chi connectivity index (χ1) is 14.0. The Kier molecular flexibility index (Phi) is 4.33. The van der Waals surface area contributed by atoms with Gasteiger partial charge in [0.05, 0.1) is 23.6 Å². The SMILES string of the molecule is Cc1ccc(N2C(=O)[C@@H]3[C@H](C2=O)[C@H]2CCCN2[C@H]3C(=O)c2ccc(Cl)cc2)cc1. The van der Waals surface area contributed by atoms with Crippen molar-refractivity contribution in [3.05, 3.63) is 64.7 Å². The van der Waals surface area contributed by atoms with Crippen LogP contribution in [-0.2, 0) is 9.59 Å². The predicted octanol–water partition coefficient (Wildman–Crippen LogP) is 3.48. The van der Waals surface area contributed by atoms with Crippen LogP contribution in [0, 0.1) is 18.8 Å². The van der Waals surface area contributed by atoms with Gasteiger partial charge in [0.15, 0.2) is 5.78 Å². The van der Waals surface area contributed by atoms with E-state index < -0.39 is 17.9 Å². The van der Waals surface area contributed by atoms with Crippen LogP contribution in [0.25, 0.3) is 0 Å². The molecule has 6 heteroatoms. The molecule has 0 aromatic heterocycles. The van der Waals surface area contributed by atoms with Gasteiger partial charge in [0, 0.05) is 16.6 Å². The van der Waals surface area contributed by atoms with Crippen molar-refractivity contribution in [2.24, 2.45) is 11.8 Å². The number of Topliss-reactive ketones (excluding diaryl/α,β-unsaturated/α-hetero) is 1. The number of imide groups is 1. The molecule has 3 aliphatic rings. The van der Waals surface area contributed by atoms with E-state index in [9.17, 15) is 14.4 Å². The Balaban J connectivity index is 1.54. The molecule has 2 aromatic rings. The lowest BCUT2D eigenvalue weighted by Crippen LogP contribution is -2.46. The largest absolute Gasteiger partial charge is 0.292 e. The van der Waals surface area contributed by atoms with Crippen molar-refractivity contribution in [1.82, 2.24) is 4.90 Å². The minimum atomic E-state index is -0.628. The standard InChI is InChI=1S/C23H21ClN2O3/c1-13-4-10-16(11-5-13)26-22(28)18-17-3-2-12-25(17)20(19(18)23(26)29)21(27)14-6-8-15(24)9-7-14/h4-11,17-20H,2-3,12H2,1H3/t17-,18-,19-,20-/m1/s1. The van der Waals surface area contributed by atoms with Gasteiger partial charge in [-0.25, -0.2) is 4.90 Å². The maximum Gasteiger partial charge on any atom is 0.239 e. The Hall–Kier alpha value is -2.50. The van der Waals surface area contributed by atoms with Crippen molar-refractivity contribution in [2.75, 3.05) is 11.4 Å². The first kappa shape index (κ1) is 18.5. The van der Waals surface area contributed by atoms with E-state index in [0.717, 1.165) is 24.9 Å². The number of fused-ring (bicyclic) bond motifs is 3. The first-order valence-corrected chi connectivity index (χ1v) is 10.3. The number of halogens is 1. The van der Waals surface area contributed by atoms with Crippen LogP contribution >= 0.6 is 11.6 Å². The zero-order valence-corrected chi connectivity index (χ0v) is 16.8. The smallest absolute Gasteiger partial charge is 0.239 e. The minimum absolute atomic E-state index is 0.0480. The molecule has 4 atom stereocenters. The van der Waals surface area contributed by atoms with Crippen molar-refractivity contribution in [1.29, 1.82) is 0 Å². The van der Waals surface area contributed by atoms with E-state index in [-0.39, 0.29) is 23.6 Å². The van der Waals surface area contributed by atoms with Crippen molar-refractivity contribution in [2.45, 2.75) is 31.8 Å². The zero-order chi connectivity index (χ0) is 20.3. The highest BCUT2D eigenvalue weighted by Gasteiger charge is 2.64. The number of amides is 2. The number of anilines is 1. The fraction of sp³-hybridized carbons (Fsp3) is 0.348. The summed E-state index contributed by atoms with van der Waals surface area (Å²) in [4.78, 5) is 43.6. The Labute approximate surface area is 174 Å². The number of rotatable bonds is 3. The first-order valence-electron chi connectivity index (χ1n) is 9.97. The van der Waals surface area contributed by atoms with Crippen LogP contribution in [0.3, 0.4) is 0 Å². The van der Waals surface area contributed by atoms with E-state index in [1.54, 1.807) is 36.4 Å². The van der Waals surface area contributed by atoms with E-state index in [4.69, 9.17) is 11.6 Å². The number of carbonyl (C=O) groups is 3. The van der Waals surface area contributed by atoms with Crippen LogP contribution < -0.4 is 4.90 Å². The lowest BCUT2D eigenvalue weighted by atomic mass is 9.85. The fourth-order valence-electron chi connectivity index (χ4n) is 5.25. The quantitative estimate of drug-likeness (QED) is 0.576. The molecule has 0 radical (unpaired) electrons. The third-order valence-electron chi connectivity index (χ3n) is 6.54. The minimum Gasteiger partial charge on any atom is -0.292 e. The molecule has 5 nitrogen and oxygen atoms in total. The highest BCUT2D eigenvalue weighted by molar-refractivity contribution is 6.30. The van der Waals surface area contributed by atoms with Crippen LogP contribution in [0.15, 0.2) is 48.5 Å². The molecule has 148 valence electrons. The number of hydrogen-bond acceptors (Lipinski definition) is 4. The number of hydrogen-bond donors (Lipinski definition) is 0.